The van der Waals surface area contributed by atoms with E-state index in [0.29, 0.717) is 29.4 Å². The minimum atomic E-state index is -1.32. The number of hydrogen-bond acceptors (Lipinski definition) is 9. The Morgan fingerprint density at radius 2 is 1.66 bits per heavy atom. The predicted molar refractivity (Wildman–Crippen MR) is 200 cm³/mol. The number of benzene rings is 3. The molecule has 0 aromatic heterocycles. The number of amides is 3. The smallest absolute Gasteiger partial charge is 0.408 e. The molecule has 4 atom stereocenters. The van der Waals surface area contributed by atoms with Crippen LogP contribution < -0.4 is 20.7 Å². The molecule has 0 saturated carbocycles. The maximum absolute atomic E-state index is 14.1. The van der Waals surface area contributed by atoms with Crippen molar-refractivity contribution in [3.8, 4) is 17.2 Å². The third-order valence-corrected chi connectivity index (χ3v) is 9.45. The monoisotopic (exact) mass is 929 g/mol. The Balaban J connectivity index is 1.82. The maximum atomic E-state index is 14.1. The number of rotatable bonds is 6. The van der Waals surface area contributed by atoms with Gasteiger partial charge in [0.2, 0.25) is 11.8 Å². The summed E-state index contributed by atoms with van der Waals surface area (Å²) < 4.78 is 24.1. The lowest BCUT2D eigenvalue weighted by atomic mass is 10.0. The van der Waals surface area contributed by atoms with E-state index in [4.69, 9.17) is 18.9 Å². The summed E-state index contributed by atoms with van der Waals surface area (Å²) in [5.41, 5.74) is 1.12. The zero-order valence-electron chi connectivity index (χ0n) is 28.0. The van der Waals surface area contributed by atoms with Crippen LogP contribution in [-0.4, -0.2) is 65.9 Å². The zero-order chi connectivity index (χ0) is 36.7. The van der Waals surface area contributed by atoms with Gasteiger partial charge in [-0.15, -0.1) is 0 Å². The molecule has 2 aliphatic heterocycles. The highest BCUT2D eigenvalue weighted by Gasteiger charge is 2.35. The van der Waals surface area contributed by atoms with Crippen LogP contribution in [0, 0.1) is 3.57 Å². The van der Waals surface area contributed by atoms with Gasteiger partial charge < -0.3 is 40.0 Å². The van der Waals surface area contributed by atoms with Crippen molar-refractivity contribution in [3.05, 3.63) is 83.8 Å². The Labute approximate surface area is 320 Å². The average molecular weight is 931 g/mol. The number of fused-ring (bicyclic) bond motifs is 10. The lowest BCUT2D eigenvalue weighted by Gasteiger charge is -2.29. The van der Waals surface area contributed by atoms with Gasteiger partial charge in [0.25, 0.3) is 0 Å². The van der Waals surface area contributed by atoms with E-state index < -0.39 is 53.7 Å². The summed E-state index contributed by atoms with van der Waals surface area (Å²) in [5.74, 6) is -1.88. The second-order valence-electron chi connectivity index (χ2n) is 12.6. The summed E-state index contributed by atoms with van der Waals surface area (Å²) in [6.45, 7) is 6.81. The van der Waals surface area contributed by atoms with E-state index in [1.54, 1.807) is 52.0 Å². The van der Waals surface area contributed by atoms with E-state index >= 15 is 0 Å². The Bertz CT molecular complexity index is 1710. The summed E-state index contributed by atoms with van der Waals surface area (Å²) >= 11 is 9.00. The van der Waals surface area contributed by atoms with Gasteiger partial charge in [0.05, 0.1) is 32.3 Å². The molecule has 12 nitrogen and oxygen atoms in total. The number of halogens is 3. The van der Waals surface area contributed by atoms with E-state index in [0.717, 1.165) is 5.56 Å². The number of ether oxygens (including phenoxy) is 4. The molecule has 0 radical (unpaired) electrons. The van der Waals surface area contributed by atoms with Gasteiger partial charge in [0, 0.05) is 12.8 Å². The summed E-state index contributed by atoms with van der Waals surface area (Å²) in [4.78, 5) is 54.1. The van der Waals surface area contributed by atoms with Crippen molar-refractivity contribution < 1.29 is 43.2 Å². The van der Waals surface area contributed by atoms with Crippen molar-refractivity contribution in [2.45, 2.75) is 77.0 Å². The first-order valence-electron chi connectivity index (χ1n) is 15.6. The van der Waals surface area contributed by atoms with Crippen LogP contribution in [0.5, 0.6) is 17.2 Å². The van der Waals surface area contributed by atoms with Crippen LogP contribution >= 0.6 is 54.5 Å². The molecule has 0 fully saturated rings. The van der Waals surface area contributed by atoms with Crippen LogP contribution in [0.4, 0.5) is 4.79 Å². The van der Waals surface area contributed by atoms with E-state index in [9.17, 15) is 24.3 Å². The molecule has 0 spiro atoms. The van der Waals surface area contributed by atoms with Crippen molar-refractivity contribution >= 4 is 78.3 Å². The lowest BCUT2D eigenvalue weighted by molar-refractivity contribution is -0.146. The highest BCUT2D eigenvalue weighted by molar-refractivity contribution is 14.1. The third kappa shape index (κ3) is 10.8. The van der Waals surface area contributed by atoms with Crippen LogP contribution in [0.25, 0.3) is 0 Å². The number of carbonyl (C=O) groups excluding carboxylic acids is 4. The number of aromatic hydroxyl groups is 1. The Kier molecular flexibility index (Phi) is 13.5. The molecule has 0 aliphatic carbocycles. The Hall–Kier alpha value is -3.41. The Morgan fingerprint density at radius 1 is 1.02 bits per heavy atom. The summed E-state index contributed by atoms with van der Waals surface area (Å²) in [7, 11) is 1.21. The van der Waals surface area contributed by atoms with Gasteiger partial charge in [-0.3, -0.25) is 9.59 Å². The number of alkyl carbamates (subject to hydrolysis) is 1. The Morgan fingerprint density at radius 3 is 2.28 bits per heavy atom. The molecule has 5 rings (SSSR count). The number of carbonyl (C=O) groups is 4. The van der Waals surface area contributed by atoms with Crippen molar-refractivity contribution in [1.82, 2.24) is 16.0 Å². The van der Waals surface area contributed by atoms with Crippen LogP contribution in [-0.2, 0) is 48.0 Å². The fourth-order valence-electron chi connectivity index (χ4n) is 5.04. The topological polar surface area (TPSA) is 162 Å². The zero-order valence-corrected chi connectivity index (χ0v) is 33.3. The predicted octanol–water partition coefficient (Wildman–Crippen LogP) is 6.05. The molecule has 0 saturated heterocycles. The SMILES string of the molecule is COC(=O)C1Cc2cc(Br)c(c(Br)c2)Oc2cc(cc(I)c2O)C[C@H](NC(=O)OC(C)(C)C)C(=O)N[C@@H]([C@H](C)OCc2ccccc2)C(=O)N1. The first kappa shape index (κ1) is 39.4. The van der Waals surface area contributed by atoms with Crippen molar-refractivity contribution in [3.63, 3.8) is 0 Å². The van der Waals surface area contributed by atoms with Crippen molar-refractivity contribution in [2.24, 2.45) is 0 Å². The number of phenolic OH excluding ortho intramolecular Hbond substituents is 1. The standard InChI is InChI=1S/C35H38Br2IN3O9/c1-18(48-17-19-9-7-6-8-10-19)28-32(44)39-26(33(45)47-5)15-20-11-22(36)30(23(37)12-20)49-27-16-21(13-24(38)29(27)42)14-25(31(43)41-28)40-34(46)50-35(2,3)4/h6-13,16,18,25-26,28,42H,14-15,17H2,1-5H3,(H,39,44)(H,40,46)(H,41,43)/t18-,25-,26?,28-/m0/s1. The molecule has 2 aliphatic rings. The van der Waals surface area contributed by atoms with Crippen LogP contribution in [0.2, 0.25) is 0 Å². The van der Waals surface area contributed by atoms with Gasteiger partial charge in [-0.1, -0.05) is 30.3 Å². The summed E-state index contributed by atoms with van der Waals surface area (Å²) in [6, 6.07) is 12.2. The fraction of sp³-hybridized carbons (Fsp3) is 0.371. The van der Waals surface area contributed by atoms with E-state index in [2.05, 4.69) is 47.8 Å². The van der Waals surface area contributed by atoms with Crippen molar-refractivity contribution in [2.75, 3.05) is 7.11 Å². The van der Waals surface area contributed by atoms with Gasteiger partial charge >= 0.3 is 12.1 Å². The molecule has 3 aromatic rings. The fourth-order valence-corrected chi connectivity index (χ4v) is 7.15. The van der Waals surface area contributed by atoms with E-state index in [1.807, 2.05) is 52.9 Å². The molecule has 3 aromatic carbocycles. The number of phenols is 1. The minimum absolute atomic E-state index is 0.0112. The van der Waals surface area contributed by atoms with Gasteiger partial charge in [-0.05, 0) is 123 Å². The summed E-state index contributed by atoms with van der Waals surface area (Å²) in [5, 5.41) is 19.0. The minimum Gasteiger partial charge on any atom is -0.504 e. The van der Waals surface area contributed by atoms with Crippen LogP contribution in [0.1, 0.15) is 44.4 Å². The average Bonchev–Trinajstić information content (AvgIpc) is 3.04. The second kappa shape index (κ2) is 17.2. The second-order valence-corrected chi connectivity index (χ2v) is 15.5. The number of esters is 1. The molecular formula is C35H38Br2IN3O9. The third-order valence-electron chi connectivity index (χ3n) is 7.45. The largest absolute Gasteiger partial charge is 0.504 e. The highest BCUT2D eigenvalue weighted by atomic mass is 127. The molecule has 1 unspecified atom stereocenters. The quantitative estimate of drug-likeness (QED) is 0.170. The number of methoxy groups -OCH3 is 1. The van der Waals surface area contributed by atoms with Crippen LogP contribution in [0.3, 0.4) is 0 Å². The maximum Gasteiger partial charge on any atom is 0.408 e. The van der Waals surface area contributed by atoms with Crippen LogP contribution in [0.15, 0.2) is 63.5 Å². The molecule has 3 amide bonds. The lowest BCUT2D eigenvalue weighted by Crippen LogP contribution is -2.60. The molecule has 4 N–H and O–H groups in total. The number of nitrogens with one attached hydrogen (secondary N) is 3. The van der Waals surface area contributed by atoms with Gasteiger partial charge in [0.1, 0.15) is 23.7 Å². The highest BCUT2D eigenvalue weighted by Crippen LogP contribution is 2.42. The molecule has 50 heavy (non-hydrogen) atoms. The molecular weight excluding hydrogens is 893 g/mol. The normalized spacial score (nSPS) is 18.9. The van der Waals surface area contributed by atoms with Crippen molar-refractivity contribution in [1.29, 1.82) is 0 Å². The van der Waals surface area contributed by atoms with Gasteiger partial charge in [-0.25, -0.2) is 9.59 Å². The molecule has 268 valence electrons. The van der Waals surface area contributed by atoms with E-state index in [1.165, 1.54) is 7.11 Å². The molecule has 15 heteroatoms. The van der Waals surface area contributed by atoms with E-state index in [-0.39, 0.29) is 30.9 Å². The van der Waals surface area contributed by atoms with Gasteiger partial charge in [0.15, 0.2) is 17.2 Å². The first-order valence-corrected chi connectivity index (χ1v) is 18.2. The first-order chi connectivity index (χ1) is 23.5. The molecule has 2 heterocycles. The number of hydrogen-bond donors (Lipinski definition) is 4. The molecule has 4 bridgehead atoms. The summed E-state index contributed by atoms with van der Waals surface area (Å²) in [6.07, 6.45) is -1.84. The van der Waals surface area contributed by atoms with Gasteiger partial charge in [-0.2, -0.15) is 0 Å².